The highest BCUT2D eigenvalue weighted by atomic mass is 32.2. The summed E-state index contributed by atoms with van der Waals surface area (Å²) in [5, 5.41) is 9.04. The van der Waals surface area contributed by atoms with Crippen molar-refractivity contribution in [1.29, 1.82) is 0 Å². The first-order valence-electron chi connectivity index (χ1n) is 10.9. The van der Waals surface area contributed by atoms with Crippen molar-refractivity contribution in [3.8, 4) is 11.1 Å². The summed E-state index contributed by atoms with van der Waals surface area (Å²) in [5.74, 6) is -0.425. The lowest BCUT2D eigenvalue weighted by atomic mass is 10.0. The highest BCUT2D eigenvalue weighted by molar-refractivity contribution is 7.92. The number of nitrogens with one attached hydrogen (secondary N) is 3. The van der Waals surface area contributed by atoms with E-state index in [2.05, 4.69) is 16.0 Å². The van der Waals surface area contributed by atoms with E-state index in [9.17, 15) is 18.0 Å². The second-order valence-corrected chi connectivity index (χ2v) is 10.6. The SMILES string of the molecule is CN(C)CC(=O)Nc1ccc2c(c1)Nc1cc(-c3ccccc3N(C)S(C)(=O)=O)ccc1C(=O)N2. The molecule has 182 valence electrons. The molecule has 0 atom stereocenters. The average Bonchev–Trinajstić information content (AvgIpc) is 2.92. The van der Waals surface area contributed by atoms with Gasteiger partial charge >= 0.3 is 0 Å². The van der Waals surface area contributed by atoms with E-state index in [-0.39, 0.29) is 18.4 Å². The van der Waals surface area contributed by atoms with Crippen LogP contribution in [-0.4, -0.2) is 59.1 Å². The van der Waals surface area contributed by atoms with E-state index in [1.807, 2.05) is 32.3 Å². The number of hydrogen-bond donors (Lipinski definition) is 3. The summed E-state index contributed by atoms with van der Waals surface area (Å²) < 4.78 is 25.6. The van der Waals surface area contributed by atoms with E-state index in [0.717, 1.165) is 11.8 Å². The number of carbonyl (C=O) groups excluding carboxylic acids is 2. The van der Waals surface area contributed by atoms with Gasteiger partial charge in [0, 0.05) is 18.3 Å². The average molecular weight is 494 g/mol. The van der Waals surface area contributed by atoms with Crippen LogP contribution < -0.4 is 20.3 Å². The van der Waals surface area contributed by atoms with Crippen molar-refractivity contribution in [2.45, 2.75) is 0 Å². The molecule has 2 amide bonds. The second-order valence-electron chi connectivity index (χ2n) is 8.63. The number of rotatable bonds is 6. The van der Waals surface area contributed by atoms with Crippen LogP contribution in [0, 0.1) is 0 Å². The van der Waals surface area contributed by atoms with Gasteiger partial charge in [-0.2, -0.15) is 0 Å². The number of carbonyl (C=O) groups is 2. The molecule has 10 heteroatoms. The monoisotopic (exact) mass is 493 g/mol. The maximum absolute atomic E-state index is 12.9. The van der Waals surface area contributed by atoms with Crippen molar-refractivity contribution >= 4 is 50.3 Å². The summed E-state index contributed by atoms with van der Waals surface area (Å²) >= 11 is 0. The molecule has 0 saturated heterocycles. The Morgan fingerprint density at radius 3 is 2.34 bits per heavy atom. The van der Waals surface area contributed by atoms with E-state index in [4.69, 9.17) is 0 Å². The van der Waals surface area contributed by atoms with Crippen LogP contribution in [0.5, 0.6) is 0 Å². The molecule has 0 spiro atoms. The molecule has 0 fully saturated rings. The third-order valence-electron chi connectivity index (χ3n) is 5.60. The van der Waals surface area contributed by atoms with Crippen molar-refractivity contribution < 1.29 is 18.0 Å². The van der Waals surface area contributed by atoms with Crippen molar-refractivity contribution in [3.05, 3.63) is 66.2 Å². The molecule has 3 aromatic rings. The van der Waals surface area contributed by atoms with Crippen LogP contribution >= 0.6 is 0 Å². The zero-order valence-electron chi connectivity index (χ0n) is 19.9. The van der Waals surface area contributed by atoms with Crippen molar-refractivity contribution in [1.82, 2.24) is 4.90 Å². The van der Waals surface area contributed by atoms with Gasteiger partial charge in [0.05, 0.1) is 41.1 Å². The zero-order valence-corrected chi connectivity index (χ0v) is 20.7. The Morgan fingerprint density at radius 2 is 1.63 bits per heavy atom. The number of likely N-dealkylation sites (N-methyl/N-ethyl adjacent to an activating group) is 1. The van der Waals surface area contributed by atoms with Crippen LogP contribution in [0.2, 0.25) is 0 Å². The van der Waals surface area contributed by atoms with Gasteiger partial charge in [-0.1, -0.05) is 24.3 Å². The molecular weight excluding hydrogens is 466 g/mol. The fraction of sp³-hybridized carbons (Fsp3) is 0.200. The third-order valence-corrected chi connectivity index (χ3v) is 6.79. The lowest BCUT2D eigenvalue weighted by Crippen LogP contribution is -2.27. The van der Waals surface area contributed by atoms with Gasteiger partial charge in [0.2, 0.25) is 15.9 Å². The van der Waals surface area contributed by atoms with Crippen molar-refractivity contribution in [2.24, 2.45) is 0 Å². The largest absolute Gasteiger partial charge is 0.353 e. The fourth-order valence-corrected chi connectivity index (χ4v) is 4.36. The fourth-order valence-electron chi connectivity index (χ4n) is 3.84. The van der Waals surface area contributed by atoms with Gasteiger partial charge < -0.3 is 20.9 Å². The summed E-state index contributed by atoms with van der Waals surface area (Å²) in [5.41, 5.74) is 4.78. The smallest absolute Gasteiger partial charge is 0.257 e. The molecule has 3 N–H and O–H groups in total. The van der Waals surface area contributed by atoms with Crippen LogP contribution in [-0.2, 0) is 14.8 Å². The van der Waals surface area contributed by atoms with Gasteiger partial charge in [-0.15, -0.1) is 0 Å². The predicted molar refractivity (Wildman–Crippen MR) is 140 cm³/mol. The Kier molecular flexibility index (Phi) is 6.51. The number of fused-ring (bicyclic) bond motifs is 2. The summed E-state index contributed by atoms with van der Waals surface area (Å²) in [6.45, 7) is 0.245. The third kappa shape index (κ3) is 5.28. The normalized spacial score (nSPS) is 12.7. The van der Waals surface area contributed by atoms with Crippen LogP contribution in [0.1, 0.15) is 10.4 Å². The van der Waals surface area contributed by atoms with Crippen LogP contribution in [0.15, 0.2) is 60.7 Å². The van der Waals surface area contributed by atoms with E-state index >= 15 is 0 Å². The van der Waals surface area contributed by atoms with E-state index in [1.165, 1.54) is 11.4 Å². The number of nitrogens with zero attached hydrogens (tertiary/aromatic N) is 2. The standard InChI is InChI=1S/C25H27N5O4S/c1-29(2)15-24(31)26-17-10-12-20-22(14-17)27-21-13-16(9-11-19(21)25(32)28-20)18-7-5-6-8-23(18)30(3)35(4,33)34/h5-14,27H,15H2,1-4H3,(H,26,31)(H,28,32). The first kappa shape index (κ1) is 24.2. The maximum Gasteiger partial charge on any atom is 0.257 e. The molecule has 0 radical (unpaired) electrons. The first-order chi connectivity index (χ1) is 16.5. The molecule has 1 aliphatic rings. The Hall–Kier alpha value is -3.89. The summed E-state index contributed by atoms with van der Waals surface area (Å²) in [6.07, 6.45) is 1.15. The molecule has 0 unspecified atom stereocenters. The molecule has 0 aliphatic carbocycles. The quantitative estimate of drug-likeness (QED) is 0.484. The zero-order chi connectivity index (χ0) is 25.3. The highest BCUT2D eigenvalue weighted by Gasteiger charge is 2.22. The minimum atomic E-state index is -3.46. The Bertz CT molecular complexity index is 1420. The van der Waals surface area contributed by atoms with E-state index in [1.54, 1.807) is 47.4 Å². The summed E-state index contributed by atoms with van der Waals surface area (Å²) in [4.78, 5) is 26.8. The van der Waals surface area contributed by atoms with Gasteiger partial charge in [0.25, 0.3) is 5.91 Å². The first-order valence-corrected chi connectivity index (χ1v) is 12.7. The lowest BCUT2D eigenvalue weighted by molar-refractivity contribution is -0.116. The highest BCUT2D eigenvalue weighted by Crippen LogP contribution is 2.38. The number of amides is 2. The molecule has 4 rings (SSSR count). The van der Waals surface area contributed by atoms with Crippen molar-refractivity contribution in [3.63, 3.8) is 0 Å². The molecule has 1 aliphatic heterocycles. The molecule has 35 heavy (non-hydrogen) atoms. The molecule has 9 nitrogen and oxygen atoms in total. The molecule has 0 saturated carbocycles. The number of anilines is 5. The molecule has 1 heterocycles. The van der Waals surface area contributed by atoms with Gasteiger partial charge in [0.1, 0.15) is 0 Å². The molecule has 0 bridgehead atoms. The van der Waals surface area contributed by atoms with E-state index in [0.29, 0.717) is 39.6 Å². The van der Waals surface area contributed by atoms with Crippen molar-refractivity contribution in [2.75, 3.05) is 54.2 Å². The van der Waals surface area contributed by atoms with Gasteiger partial charge in [-0.05, 0) is 56.1 Å². The Morgan fingerprint density at radius 1 is 0.886 bits per heavy atom. The second kappa shape index (κ2) is 9.40. The molecule has 3 aromatic carbocycles. The number of benzene rings is 3. The van der Waals surface area contributed by atoms with Crippen LogP contribution in [0.25, 0.3) is 11.1 Å². The number of sulfonamides is 1. The summed E-state index contributed by atoms with van der Waals surface area (Å²) in [6, 6.07) is 17.7. The van der Waals surface area contributed by atoms with E-state index < -0.39 is 10.0 Å². The molecule has 0 aromatic heterocycles. The van der Waals surface area contributed by atoms with Crippen LogP contribution in [0.3, 0.4) is 0 Å². The van der Waals surface area contributed by atoms with Gasteiger partial charge in [-0.3, -0.25) is 13.9 Å². The Labute approximate surface area is 204 Å². The Balaban J connectivity index is 1.72. The minimum Gasteiger partial charge on any atom is -0.353 e. The molecular formula is C25H27N5O4S. The lowest BCUT2D eigenvalue weighted by Gasteiger charge is -2.21. The maximum atomic E-state index is 12.9. The number of para-hydroxylation sites is 1. The summed E-state index contributed by atoms with van der Waals surface area (Å²) in [7, 11) is 1.67. The van der Waals surface area contributed by atoms with Crippen LogP contribution in [0.4, 0.5) is 28.4 Å². The number of hydrogen-bond acceptors (Lipinski definition) is 6. The van der Waals surface area contributed by atoms with Gasteiger partial charge in [-0.25, -0.2) is 8.42 Å². The topological polar surface area (TPSA) is 111 Å². The van der Waals surface area contributed by atoms with Gasteiger partial charge in [0.15, 0.2) is 0 Å². The predicted octanol–water partition coefficient (Wildman–Crippen LogP) is 3.56. The minimum absolute atomic E-state index is 0.151.